The van der Waals surface area contributed by atoms with Gasteiger partial charge in [0.15, 0.2) is 0 Å². The van der Waals surface area contributed by atoms with Crippen LogP contribution in [0.15, 0.2) is 24.3 Å². The molecule has 0 atom stereocenters. The van der Waals surface area contributed by atoms with Crippen molar-refractivity contribution in [3.8, 4) is 12.3 Å². The Morgan fingerprint density at radius 2 is 1.85 bits per heavy atom. The minimum absolute atomic E-state index is 0.704. The van der Waals surface area contributed by atoms with E-state index < -0.39 is 0 Å². The molecule has 0 bridgehead atoms. The normalized spacial score (nSPS) is 22.7. The Balaban J connectivity index is 1.90. The van der Waals surface area contributed by atoms with E-state index in [1.165, 1.54) is 36.8 Å². The van der Waals surface area contributed by atoms with Crippen molar-refractivity contribution in [3.05, 3.63) is 35.4 Å². The zero-order valence-corrected chi connectivity index (χ0v) is 12.7. The van der Waals surface area contributed by atoms with E-state index in [0.717, 1.165) is 18.5 Å². The monoisotopic (exact) mass is 270 g/mol. The third kappa shape index (κ3) is 4.10. The highest BCUT2D eigenvalue weighted by atomic mass is 15.1. The fourth-order valence-electron chi connectivity index (χ4n) is 3.13. The fourth-order valence-corrected chi connectivity index (χ4v) is 3.13. The highest BCUT2D eigenvalue weighted by Gasteiger charge is 2.20. The lowest BCUT2D eigenvalue weighted by Crippen LogP contribution is -2.29. The summed E-state index contributed by atoms with van der Waals surface area (Å²) in [6.07, 6.45) is 10.5. The molecule has 20 heavy (non-hydrogen) atoms. The molecule has 0 aliphatic heterocycles. The molecule has 0 aromatic heterocycles. The lowest BCUT2D eigenvalue weighted by atomic mass is 9.81. The van der Waals surface area contributed by atoms with Crippen molar-refractivity contribution in [3.63, 3.8) is 0 Å². The molecule has 0 heterocycles. The molecule has 1 aliphatic carbocycles. The molecule has 1 aromatic rings. The number of terminal acetylenes is 1. The summed E-state index contributed by atoms with van der Waals surface area (Å²) in [6.45, 7) is 1.63. The Kier molecular flexibility index (Phi) is 5.64. The third-order valence-corrected chi connectivity index (χ3v) is 4.40. The van der Waals surface area contributed by atoms with Crippen LogP contribution in [0.5, 0.6) is 0 Å². The predicted molar refractivity (Wildman–Crippen MR) is 85.7 cm³/mol. The van der Waals surface area contributed by atoms with E-state index in [1.807, 2.05) is 0 Å². The third-order valence-electron chi connectivity index (χ3n) is 4.40. The van der Waals surface area contributed by atoms with Crippen LogP contribution in [0.25, 0.3) is 0 Å². The summed E-state index contributed by atoms with van der Waals surface area (Å²) in [5.41, 5.74) is 2.85. The van der Waals surface area contributed by atoms with Crippen molar-refractivity contribution in [2.75, 3.05) is 20.6 Å². The van der Waals surface area contributed by atoms with E-state index >= 15 is 0 Å². The van der Waals surface area contributed by atoms with Crippen molar-refractivity contribution in [1.82, 2.24) is 10.2 Å². The van der Waals surface area contributed by atoms with E-state index in [4.69, 9.17) is 6.42 Å². The molecule has 2 heteroatoms. The molecule has 1 N–H and O–H groups in total. The van der Waals surface area contributed by atoms with Gasteiger partial charge >= 0.3 is 0 Å². The van der Waals surface area contributed by atoms with E-state index in [1.54, 1.807) is 0 Å². The van der Waals surface area contributed by atoms with Crippen LogP contribution in [-0.2, 0) is 6.54 Å². The van der Waals surface area contributed by atoms with Crippen molar-refractivity contribution in [2.45, 2.75) is 44.2 Å². The van der Waals surface area contributed by atoms with Gasteiger partial charge in [-0.05, 0) is 56.8 Å². The van der Waals surface area contributed by atoms with Gasteiger partial charge in [-0.15, -0.1) is 6.42 Å². The van der Waals surface area contributed by atoms with E-state index in [0.29, 0.717) is 6.54 Å². The first-order valence-corrected chi connectivity index (χ1v) is 7.61. The Morgan fingerprint density at radius 1 is 1.20 bits per heavy atom. The van der Waals surface area contributed by atoms with Crippen LogP contribution < -0.4 is 5.32 Å². The first-order chi connectivity index (χ1) is 9.72. The van der Waals surface area contributed by atoms with E-state index in [9.17, 15) is 0 Å². The largest absolute Gasteiger partial charge is 0.317 e. The van der Waals surface area contributed by atoms with Crippen molar-refractivity contribution >= 4 is 0 Å². The molecule has 108 valence electrons. The Hall–Kier alpha value is -1.30. The quantitative estimate of drug-likeness (QED) is 0.828. The summed E-state index contributed by atoms with van der Waals surface area (Å²) in [5.74, 6) is 3.43. The molecule has 1 fully saturated rings. The van der Waals surface area contributed by atoms with Gasteiger partial charge in [0.1, 0.15) is 0 Å². The van der Waals surface area contributed by atoms with Gasteiger partial charge in [0.25, 0.3) is 0 Å². The molecule has 2 nitrogen and oxygen atoms in total. The van der Waals surface area contributed by atoms with Crippen LogP contribution in [0, 0.1) is 12.3 Å². The van der Waals surface area contributed by atoms with Crippen LogP contribution >= 0.6 is 0 Å². The average Bonchev–Trinajstić information content (AvgIpc) is 2.48. The maximum atomic E-state index is 5.33. The second-order valence-corrected chi connectivity index (χ2v) is 5.96. The van der Waals surface area contributed by atoms with Gasteiger partial charge in [-0.25, -0.2) is 0 Å². The maximum absolute atomic E-state index is 5.33. The number of hydrogen-bond donors (Lipinski definition) is 1. The van der Waals surface area contributed by atoms with Gasteiger partial charge in [0.2, 0.25) is 0 Å². The summed E-state index contributed by atoms with van der Waals surface area (Å²) < 4.78 is 0. The highest BCUT2D eigenvalue weighted by molar-refractivity contribution is 5.26. The van der Waals surface area contributed by atoms with Gasteiger partial charge in [-0.2, -0.15) is 0 Å². The topological polar surface area (TPSA) is 15.3 Å². The molecular formula is C18H26N2. The zero-order chi connectivity index (χ0) is 14.4. The number of hydrogen-bond acceptors (Lipinski definition) is 2. The van der Waals surface area contributed by atoms with Crippen LogP contribution in [0.4, 0.5) is 0 Å². The predicted octanol–water partition coefficient (Wildman–Crippen LogP) is 3.00. The zero-order valence-electron chi connectivity index (χ0n) is 12.7. The average molecular weight is 270 g/mol. The van der Waals surface area contributed by atoms with Crippen LogP contribution in [0.1, 0.15) is 42.7 Å². The standard InChI is InChI=1S/C18H26N2/c1-4-13-20(3)14-15-5-7-16(8-6-15)17-9-11-18(19-2)12-10-17/h1,5-8,17-19H,9-14H2,2-3H3/t17-,18-. The number of benzene rings is 1. The lowest BCUT2D eigenvalue weighted by Gasteiger charge is -2.28. The first-order valence-electron chi connectivity index (χ1n) is 7.61. The van der Waals surface area contributed by atoms with Crippen LogP contribution in [0.2, 0.25) is 0 Å². The summed E-state index contributed by atoms with van der Waals surface area (Å²) >= 11 is 0. The lowest BCUT2D eigenvalue weighted by molar-refractivity contribution is 0.358. The Bertz CT molecular complexity index is 435. The van der Waals surface area contributed by atoms with Gasteiger partial charge in [-0.1, -0.05) is 30.2 Å². The summed E-state index contributed by atoms with van der Waals surface area (Å²) in [5, 5.41) is 3.40. The van der Waals surface area contributed by atoms with Crippen LogP contribution in [-0.4, -0.2) is 31.6 Å². The van der Waals surface area contributed by atoms with Crippen LogP contribution in [0.3, 0.4) is 0 Å². The van der Waals surface area contributed by atoms with Crippen molar-refractivity contribution in [1.29, 1.82) is 0 Å². The Morgan fingerprint density at radius 3 is 2.40 bits per heavy atom. The molecular weight excluding hydrogens is 244 g/mol. The number of rotatable bonds is 5. The van der Waals surface area contributed by atoms with Crippen molar-refractivity contribution < 1.29 is 0 Å². The molecule has 0 unspecified atom stereocenters. The minimum atomic E-state index is 0.704. The van der Waals surface area contributed by atoms with Gasteiger partial charge < -0.3 is 5.32 Å². The minimum Gasteiger partial charge on any atom is -0.317 e. The smallest absolute Gasteiger partial charge is 0.0599 e. The molecule has 0 radical (unpaired) electrons. The van der Waals surface area contributed by atoms with Gasteiger partial charge in [0, 0.05) is 12.6 Å². The van der Waals surface area contributed by atoms with E-state index in [2.05, 4.69) is 54.5 Å². The van der Waals surface area contributed by atoms with Gasteiger partial charge in [-0.3, -0.25) is 4.90 Å². The van der Waals surface area contributed by atoms with Gasteiger partial charge in [0.05, 0.1) is 6.54 Å². The second-order valence-electron chi connectivity index (χ2n) is 5.96. The molecule has 0 saturated heterocycles. The first kappa shape index (κ1) is 15.1. The number of nitrogens with one attached hydrogen (secondary N) is 1. The molecule has 0 spiro atoms. The fraction of sp³-hybridized carbons (Fsp3) is 0.556. The molecule has 1 aromatic carbocycles. The highest BCUT2D eigenvalue weighted by Crippen LogP contribution is 2.32. The summed E-state index contributed by atoms with van der Waals surface area (Å²) in [7, 11) is 4.14. The molecule has 1 aliphatic rings. The summed E-state index contributed by atoms with van der Waals surface area (Å²) in [4.78, 5) is 2.16. The van der Waals surface area contributed by atoms with E-state index in [-0.39, 0.29) is 0 Å². The molecule has 1 saturated carbocycles. The number of nitrogens with zero attached hydrogens (tertiary/aromatic N) is 1. The second kappa shape index (κ2) is 7.47. The molecule has 0 amide bonds. The summed E-state index contributed by atoms with van der Waals surface area (Å²) in [6, 6.07) is 9.86. The Labute approximate surface area is 123 Å². The van der Waals surface area contributed by atoms with Crippen molar-refractivity contribution in [2.24, 2.45) is 0 Å². The molecule has 2 rings (SSSR count). The maximum Gasteiger partial charge on any atom is 0.0599 e. The SMILES string of the molecule is C#CCN(C)Cc1ccc([C@H]2CC[C@H](NC)CC2)cc1.